The minimum absolute atomic E-state index is 0.225. The third-order valence-electron chi connectivity index (χ3n) is 5.51. The number of nitrogens with zero attached hydrogens (tertiary/aromatic N) is 2. The summed E-state index contributed by atoms with van der Waals surface area (Å²) in [6.45, 7) is 0.225. The molecule has 166 valence electrons. The normalized spacial score (nSPS) is 10.9. The summed E-state index contributed by atoms with van der Waals surface area (Å²) in [5.41, 5.74) is 6.01. The highest BCUT2D eigenvalue weighted by atomic mass is 35.5. The number of aromatic nitrogens is 2. The largest absolute Gasteiger partial charge is 0.348 e. The van der Waals surface area contributed by atoms with Crippen molar-refractivity contribution in [2.45, 2.75) is 6.54 Å². The second-order valence-electron chi connectivity index (χ2n) is 7.74. The average Bonchev–Trinajstić information content (AvgIpc) is 2.88. The Morgan fingerprint density at radius 1 is 0.676 bits per heavy atom. The van der Waals surface area contributed by atoms with E-state index in [-0.39, 0.29) is 12.5 Å². The molecule has 4 nitrogen and oxygen atoms in total. The fourth-order valence-electron chi connectivity index (χ4n) is 3.76. The Balaban J connectivity index is 1.52. The summed E-state index contributed by atoms with van der Waals surface area (Å²) in [7, 11) is 0. The highest BCUT2D eigenvalue weighted by Gasteiger charge is 2.15. The van der Waals surface area contributed by atoms with Crippen molar-refractivity contribution >= 4 is 40.1 Å². The van der Waals surface area contributed by atoms with Crippen LogP contribution in [0.5, 0.6) is 0 Å². The number of benzene rings is 4. The average molecular weight is 484 g/mol. The van der Waals surface area contributed by atoms with Crippen LogP contribution in [0.15, 0.2) is 97.1 Å². The number of nitrogens with one attached hydrogen (secondary N) is 1. The molecule has 1 aromatic heterocycles. The highest BCUT2D eigenvalue weighted by Crippen LogP contribution is 2.31. The molecular formula is C28H19Cl2N3O. The predicted molar refractivity (Wildman–Crippen MR) is 138 cm³/mol. The molecule has 0 saturated heterocycles. The van der Waals surface area contributed by atoms with E-state index >= 15 is 0 Å². The van der Waals surface area contributed by atoms with E-state index in [1.807, 2.05) is 66.7 Å². The summed E-state index contributed by atoms with van der Waals surface area (Å²) in [6, 6.07) is 30.5. The van der Waals surface area contributed by atoms with Gasteiger partial charge in [-0.1, -0.05) is 89.9 Å². The van der Waals surface area contributed by atoms with Crippen molar-refractivity contribution in [2.75, 3.05) is 0 Å². The number of hydrogen-bond acceptors (Lipinski definition) is 3. The van der Waals surface area contributed by atoms with Gasteiger partial charge in [0.1, 0.15) is 0 Å². The van der Waals surface area contributed by atoms with Crippen molar-refractivity contribution in [2.24, 2.45) is 0 Å². The maximum absolute atomic E-state index is 12.9. The van der Waals surface area contributed by atoms with Gasteiger partial charge in [0.25, 0.3) is 5.91 Å². The van der Waals surface area contributed by atoms with Crippen molar-refractivity contribution in [3.8, 4) is 22.5 Å². The lowest BCUT2D eigenvalue weighted by atomic mass is 10.0. The van der Waals surface area contributed by atoms with Crippen LogP contribution in [-0.4, -0.2) is 15.9 Å². The van der Waals surface area contributed by atoms with Crippen LogP contribution < -0.4 is 5.32 Å². The monoisotopic (exact) mass is 483 g/mol. The molecule has 1 amide bonds. The summed E-state index contributed by atoms with van der Waals surface area (Å²) in [5, 5.41) is 3.91. The van der Waals surface area contributed by atoms with E-state index in [4.69, 9.17) is 33.2 Å². The Hall–Kier alpha value is -3.73. The van der Waals surface area contributed by atoms with Gasteiger partial charge in [-0.3, -0.25) is 4.79 Å². The fourth-order valence-corrected chi connectivity index (χ4v) is 4.29. The van der Waals surface area contributed by atoms with Crippen LogP contribution in [0.3, 0.4) is 0 Å². The lowest BCUT2D eigenvalue weighted by Gasteiger charge is -2.12. The molecule has 0 radical (unpaired) electrons. The van der Waals surface area contributed by atoms with E-state index in [2.05, 4.69) is 5.32 Å². The van der Waals surface area contributed by atoms with Gasteiger partial charge in [-0.25, -0.2) is 9.97 Å². The van der Waals surface area contributed by atoms with E-state index in [9.17, 15) is 4.79 Å². The van der Waals surface area contributed by atoms with Gasteiger partial charge < -0.3 is 5.32 Å². The lowest BCUT2D eigenvalue weighted by Crippen LogP contribution is -2.23. The zero-order chi connectivity index (χ0) is 23.5. The predicted octanol–water partition coefficient (Wildman–Crippen LogP) is 7.20. The van der Waals surface area contributed by atoms with Crippen LogP contribution in [0.2, 0.25) is 10.0 Å². The lowest BCUT2D eigenvalue weighted by molar-refractivity contribution is 0.0951. The third kappa shape index (κ3) is 4.51. The van der Waals surface area contributed by atoms with Crippen molar-refractivity contribution < 1.29 is 4.79 Å². The van der Waals surface area contributed by atoms with Gasteiger partial charge in [-0.2, -0.15) is 0 Å². The third-order valence-corrected chi connectivity index (χ3v) is 6.22. The van der Waals surface area contributed by atoms with E-state index in [0.29, 0.717) is 32.2 Å². The van der Waals surface area contributed by atoms with Crippen LogP contribution in [0.25, 0.3) is 33.5 Å². The SMILES string of the molecule is O=C(NCc1c(Cl)cccc1Cl)c1ccc2nc(-c3ccccc3)c(-c3ccccc3)nc2c1. The van der Waals surface area contributed by atoms with Gasteiger partial charge in [0, 0.05) is 38.8 Å². The van der Waals surface area contributed by atoms with Crippen LogP contribution >= 0.6 is 23.2 Å². The topological polar surface area (TPSA) is 54.9 Å². The molecule has 0 spiro atoms. The Labute approximate surface area is 207 Å². The second-order valence-corrected chi connectivity index (χ2v) is 8.55. The minimum atomic E-state index is -0.243. The molecule has 1 N–H and O–H groups in total. The zero-order valence-corrected chi connectivity index (χ0v) is 19.5. The van der Waals surface area contributed by atoms with Crippen LogP contribution in [-0.2, 0) is 6.54 Å². The molecule has 6 heteroatoms. The van der Waals surface area contributed by atoms with Crippen molar-refractivity contribution in [1.29, 1.82) is 0 Å². The summed E-state index contributed by atoms with van der Waals surface area (Å²) < 4.78 is 0. The molecule has 0 aliphatic rings. The number of carbonyl (C=O) groups is 1. The molecule has 0 aliphatic heterocycles. The summed E-state index contributed by atoms with van der Waals surface area (Å²) in [6.07, 6.45) is 0. The molecule has 5 aromatic rings. The Morgan fingerprint density at radius 2 is 1.24 bits per heavy atom. The van der Waals surface area contributed by atoms with Crippen LogP contribution in [0.4, 0.5) is 0 Å². The van der Waals surface area contributed by atoms with E-state index in [1.54, 1.807) is 30.3 Å². The first-order valence-corrected chi connectivity index (χ1v) is 11.5. The van der Waals surface area contributed by atoms with Gasteiger partial charge in [0.15, 0.2) is 0 Å². The summed E-state index contributed by atoms with van der Waals surface area (Å²) >= 11 is 12.4. The summed E-state index contributed by atoms with van der Waals surface area (Å²) in [5.74, 6) is -0.243. The smallest absolute Gasteiger partial charge is 0.251 e. The Kier molecular flexibility index (Phi) is 6.26. The number of rotatable bonds is 5. The second kappa shape index (κ2) is 9.64. The number of hydrogen-bond donors (Lipinski definition) is 1. The highest BCUT2D eigenvalue weighted by molar-refractivity contribution is 6.36. The first-order chi connectivity index (χ1) is 16.6. The molecule has 0 fully saturated rings. The Morgan fingerprint density at radius 3 is 1.82 bits per heavy atom. The summed E-state index contributed by atoms with van der Waals surface area (Å²) in [4.78, 5) is 22.7. The van der Waals surface area contributed by atoms with Crippen LogP contribution in [0, 0.1) is 0 Å². The number of amides is 1. The number of halogens is 2. The number of carbonyl (C=O) groups excluding carboxylic acids is 1. The van der Waals surface area contributed by atoms with Gasteiger partial charge >= 0.3 is 0 Å². The molecule has 0 unspecified atom stereocenters. The molecule has 1 heterocycles. The maximum atomic E-state index is 12.9. The van der Waals surface area contributed by atoms with Crippen molar-refractivity contribution in [3.63, 3.8) is 0 Å². The van der Waals surface area contributed by atoms with Gasteiger partial charge in [0.2, 0.25) is 0 Å². The molecule has 5 rings (SSSR count). The molecule has 34 heavy (non-hydrogen) atoms. The standard InChI is InChI=1S/C28H19Cl2N3O/c29-22-12-7-13-23(30)21(22)17-31-28(34)20-14-15-24-25(16-20)33-27(19-10-5-2-6-11-19)26(32-24)18-8-3-1-4-9-18/h1-16H,17H2,(H,31,34). The molecule has 0 atom stereocenters. The molecule has 0 aliphatic carbocycles. The first-order valence-electron chi connectivity index (χ1n) is 10.7. The molecule has 4 aromatic carbocycles. The molecule has 0 bridgehead atoms. The zero-order valence-electron chi connectivity index (χ0n) is 18.0. The van der Waals surface area contributed by atoms with E-state index < -0.39 is 0 Å². The first kappa shape index (κ1) is 22.1. The van der Waals surface area contributed by atoms with E-state index in [0.717, 1.165) is 22.5 Å². The number of fused-ring (bicyclic) bond motifs is 1. The van der Waals surface area contributed by atoms with E-state index in [1.165, 1.54) is 0 Å². The molecule has 0 saturated carbocycles. The molecular weight excluding hydrogens is 465 g/mol. The minimum Gasteiger partial charge on any atom is -0.348 e. The van der Waals surface area contributed by atoms with Crippen LogP contribution in [0.1, 0.15) is 15.9 Å². The van der Waals surface area contributed by atoms with Gasteiger partial charge in [-0.15, -0.1) is 0 Å². The maximum Gasteiger partial charge on any atom is 0.251 e. The van der Waals surface area contributed by atoms with Gasteiger partial charge in [-0.05, 0) is 30.3 Å². The quantitative estimate of drug-likeness (QED) is 0.287. The van der Waals surface area contributed by atoms with Crippen molar-refractivity contribution in [1.82, 2.24) is 15.3 Å². The Bertz CT molecular complexity index is 1470. The van der Waals surface area contributed by atoms with Gasteiger partial charge in [0.05, 0.1) is 22.4 Å². The van der Waals surface area contributed by atoms with Crippen molar-refractivity contribution in [3.05, 3.63) is 118 Å². The fraction of sp³-hybridized carbons (Fsp3) is 0.0357.